The van der Waals surface area contributed by atoms with Crippen molar-refractivity contribution in [2.75, 3.05) is 12.8 Å². The van der Waals surface area contributed by atoms with Crippen molar-refractivity contribution in [1.82, 2.24) is 9.55 Å². The predicted molar refractivity (Wildman–Crippen MR) is 114 cm³/mol. The number of carbonyl (C=O) groups is 1. The lowest BCUT2D eigenvalue weighted by molar-refractivity contribution is -0.127. The number of nitrogens with two attached hydrogens (primary N) is 1. The molecule has 0 spiro atoms. The third-order valence-electron chi connectivity index (χ3n) is 4.81. The third-order valence-corrected chi connectivity index (χ3v) is 5.27. The standard InChI is InChI=1S/C19H20F3N5O6S/c1-34(30,31)33-18(29)12-8-27(10-2-3-10)17-11(16(12)28)5-13(20)15(26-17)14(24)4-9(6-23)7-25-32-19(21)22/h5,7-10,19,24H,2-4,6,23H2,1H3. The highest BCUT2D eigenvalue weighted by Crippen LogP contribution is 2.36. The Morgan fingerprint density at radius 2 is 2.12 bits per heavy atom. The zero-order valence-corrected chi connectivity index (χ0v) is 18.5. The quantitative estimate of drug-likeness (QED) is 0.280. The van der Waals surface area contributed by atoms with E-state index in [0.29, 0.717) is 19.1 Å². The van der Waals surface area contributed by atoms with Crippen molar-refractivity contribution in [2.24, 2.45) is 16.8 Å². The Labute approximate surface area is 191 Å². The number of nitrogens with one attached hydrogen (secondary N) is 1. The second-order valence-electron chi connectivity index (χ2n) is 7.57. The van der Waals surface area contributed by atoms with Crippen molar-refractivity contribution >= 4 is 39.0 Å². The molecule has 15 heteroatoms. The van der Waals surface area contributed by atoms with Crippen molar-refractivity contribution in [3.63, 3.8) is 0 Å². The molecule has 3 rings (SSSR count). The summed E-state index contributed by atoms with van der Waals surface area (Å²) in [6, 6.07) is 0.624. The highest BCUT2D eigenvalue weighted by Gasteiger charge is 2.30. The second kappa shape index (κ2) is 9.89. The second-order valence-corrected chi connectivity index (χ2v) is 9.15. The van der Waals surface area contributed by atoms with Crippen molar-refractivity contribution in [1.29, 1.82) is 5.41 Å². The van der Waals surface area contributed by atoms with Gasteiger partial charge in [0.05, 0.1) is 17.4 Å². The molecule has 0 aromatic carbocycles. The molecular formula is C19H20F3N5O6S. The van der Waals surface area contributed by atoms with Crippen LogP contribution in [0.2, 0.25) is 0 Å². The Kier molecular flexibility index (Phi) is 7.35. The predicted octanol–water partition coefficient (Wildman–Crippen LogP) is 1.54. The zero-order chi connectivity index (χ0) is 25.2. The summed E-state index contributed by atoms with van der Waals surface area (Å²) >= 11 is 0. The number of alkyl halides is 2. The van der Waals surface area contributed by atoms with E-state index in [1.165, 1.54) is 4.57 Å². The number of halogens is 3. The number of oxime groups is 1. The number of carbonyl (C=O) groups excluding carboxylic acids is 1. The van der Waals surface area contributed by atoms with Crippen LogP contribution in [0.5, 0.6) is 0 Å². The van der Waals surface area contributed by atoms with E-state index in [2.05, 4.69) is 19.2 Å². The van der Waals surface area contributed by atoms with Gasteiger partial charge in [-0.05, 0) is 18.9 Å². The van der Waals surface area contributed by atoms with Crippen LogP contribution in [0.1, 0.15) is 41.4 Å². The monoisotopic (exact) mass is 503 g/mol. The van der Waals surface area contributed by atoms with Crippen LogP contribution >= 0.6 is 0 Å². The highest BCUT2D eigenvalue weighted by atomic mass is 32.2. The van der Waals surface area contributed by atoms with Crippen LogP contribution in [0.4, 0.5) is 13.2 Å². The number of hydrogen-bond acceptors (Lipinski definition) is 10. The fourth-order valence-electron chi connectivity index (χ4n) is 3.14. The highest BCUT2D eigenvalue weighted by molar-refractivity contribution is 7.86. The Morgan fingerprint density at radius 3 is 2.68 bits per heavy atom. The number of nitrogens with zero attached hydrogens (tertiary/aromatic N) is 3. The molecular weight excluding hydrogens is 483 g/mol. The van der Waals surface area contributed by atoms with Crippen molar-refractivity contribution < 1.29 is 35.4 Å². The molecule has 1 aliphatic rings. The fourth-order valence-corrected chi connectivity index (χ4v) is 3.51. The molecule has 0 aliphatic heterocycles. The lowest BCUT2D eigenvalue weighted by atomic mass is 10.0. The van der Waals surface area contributed by atoms with Gasteiger partial charge in [0.2, 0.25) is 5.43 Å². The van der Waals surface area contributed by atoms with Gasteiger partial charge in [0, 0.05) is 37.3 Å². The summed E-state index contributed by atoms with van der Waals surface area (Å²) in [7, 11) is -4.20. The minimum absolute atomic E-state index is 0.0106. The van der Waals surface area contributed by atoms with Crippen LogP contribution in [-0.2, 0) is 19.1 Å². The van der Waals surface area contributed by atoms with Crippen LogP contribution in [0.3, 0.4) is 0 Å². The summed E-state index contributed by atoms with van der Waals surface area (Å²) < 4.78 is 67.3. The van der Waals surface area contributed by atoms with E-state index in [4.69, 9.17) is 11.1 Å². The molecule has 2 heterocycles. The van der Waals surface area contributed by atoms with Crippen LogP contribution < -0.4 is 11.2 Å². The van der Waals surface area contributed by atoms with Gasteiger partial charge in [-0.2, -0.15) is 17.2 Å². The molecule has 2 aromatic rings. The van der Waals surface area contributed by atoms with Gasteiger partial charge in [-0.15, -0.1) is 0 Å². The minimum atomic E-state index is -4.20. The lowest BCUT2D eigenvalue weighted by Gasteiger charge is -2.15. The first-order valence-corrected chi connectivity index (χ1v) is 11.7. The average molecular weight is 503 g/mol. The van der Waals surface area contributed by atoms with Gasteiger partial charge in [0.25, 0.3) is 0 Å². The molecule has 0 radical (unpaired) electrons. The number of hydrogen-bond donors (Lipinski definition) is 2. The number of aromatic nitrogens is 2. The third kappa shape index (κ3) is 5.96. The van der Waals surface area contributed by atoms with E-state index < -0.39 is 51.1 Å². The molecule has 1 unspecified atom stereocenters. The molecule has 34 heavy (non-hydrogen) atoms. The van der Waals surface area contributed by atoms with Gasteiger partial charge in [0.15, 0.2) is 5.82 Å². The average Bonchev–Trinajstić information content (AvgIpc) is 3.56. The maximum atomic E-state index is 14.9. The fraction of sp³-hybridized carbons (Fsp3) is 0.421. The van der Waals surface area contributed by atoms with Gasteiger partial charge in [-0.3, -0.25) is 4.79 Å². The molecule has 1 aliphatic carbocycles. The number of fused-ring (bicyclic) bond motifs is 1. The van der Waals surface area contributed by atoms with Crippen LogP contribution in [0.15, 0.2) is 22.2 Å². The molecule has 1 fully saturated rings. The zero-order valence-electron chi connectivity index (χ0n) is 17.7. The summed E-state index contributed by atoms with van der Waals surface area (Å²) in [5.41, 5.74) is 3.20. The van der Waals surface area contributed by atoms with E-state index in [1.807, 2.05) is 0 Å². The van der Waals surface area contributed by atoms with Crippen LogP contribution in [-0.4, -0.2) is 55.3 Å². The Bertz CT molecular complexity index is 1320. The van der Waals surface area contributed by atoms with E-state index >= 15 is 0 Å². The molecule has 3 N–H and O–H groups in total. The Balaban J connectivity index is 2.02. The van der Waals surface area contributed by atoms with Crippen LogP contribution in [0, 0.1) is 17.1 Å². The summed E-state index contributed by atoms with van der Waals surface area (Å²) in [5, 5.41) is 11.0. The van der Waals surface area contributed by atoms with Gasteiger partial charge < -0.3 is 24.7 Å². The molecule has 1 atom stereocenters. The van der Waals surface area contributed by atoms with Crippen molar-refractivity contribution in [3.05, 3.63) is 39.6 Å². The molecule has 0 amide bonds. The van der Waals surface area contributed by atoms with E-state index in [9.17, 15) is 31.2 Å². The molecule has 184 valence electrons. The lowest BCUT2D eigenvalue weighted by Crippen LogP contribution is -2.24. The summed E-state index contributed by atoms with van der Waals surface area (Å²) in [6.07, 6.45) is 3.84. The number of rotatable bonds is 10. The maximum absolute atomic E-state index is 14.9. The van der Waals surface area contributed by atoms with E-state index in [-0.39, 0.29) is 35.8 Å². The maximum Gasteiger partial charge on any atom is 0.407 e. The first kappa shape index (κ1) is 25.3. The van der Waals surface area contributed by atoms with Gasteiger partial charge in [-0.25, -0.2) is 14.2 Å². The molecule has 0 bridgehead atoms. The van der Waals surface area contributed by atoms with Gasteiger partial charge >= 0.3 is 22.7 Å². The minimum Gasteiger partial charge on any atom is -0.341 e. The molecule has 0 saturated heterocycles. The smallest absolute Gasteiger partial charge is 0.341 e. The van der Waals surface area contributed by atoms with E-state index in [1.54, 1.807) is 0 Å². The summed E-state index contributed by atoms with van der Waals surface area (Å²) in [6.45, 7) is -3.24. The Hall–Kier alpha value is -3.33. The largest absolute Gasteiger partial charge is 0.407 e. The molecule has 1 saturated carbocycles. The normalized spacial score (nSPS) is 15.1. The summed E-state index contributed by atoms with van der Waals surface area (Å²) in [5.74, 6) is -3.19. The molecule has 2 aromatic heterocycles. The first-order chi connectivity index (χ1) is 15.9. The SMILES string of the molecule is CS(=O)(=O)OC(=O)c1cn(C2CC2)c2nc(C(=N)CC(C=NOC(F)F)CN)c(F)cc2c1=O. The van der Waals surface area contributed by atoms with Crippen LogP contribution in [0.25, 0.3) is 11.0 Å². The Morgan fingerprint density at radius 1 is 1.44 bits per heavy atom. The van der Waals surface area contributed by atoms with Crippen molar-refractivity contribution in [2.45, 2.75) is 31.9 Å². The van der Waals surface area contributed by atoms with E-state index in [0.717, 1.165) is 18.5 Å². The van der Waals surface area contributed by atoms with Gasteiger partial charge in [0.1, 0.15) is 16.9 Å². The first-order valence-electron chi connectivity index (χ1n) is 9.85. The molecule has 11 nitrogen and oxygen atoms in total. The number of pyridine rings is 2. The van der Waals surface area contributed by atoms with Gasteiger partial charge in [-0.1, -0.05) is 5.16 Å². The topological polar surface area (TPSA) is 167 Å². The summed E-state index contributed by atoms with van der Waals surface area (Å²) in [4.78, 5) is 32.9. The van der Waals surface area contributed by atoms with Crippen molar-refractivity contribution in [3.8, 4) is 0 Å².